The first-order chi connectivity index (χ1) is 11.2. The number of methoxy groups -OCH3 is 3. The van der Waals surface area contributed by atoms with E-state index in [1.807, 2.05) is 17.0 Å². The van der Waals surface area contributed by atoms with Gasteiger partial charge in [0.1, 0.15) is 0 Å². The summed E-state index contributed by atoms with van der Waals surface area (Å²) in [4.78, 5) is 14.6. The number of amides is 1. The average molecular weight is 357 g/mol. The highest BCUT2D eigenvalue weighted by Gasteiger charge is 2.37. The third kappa shape index (κ3) is 3.54. The van der Waals surface area contributed by atoms with Crippen molar-refractivity contribution in [3.63, 3.8) is 0 Å². The molecule has 2 heterocycles. The minimum absolute atomic E-state index is 0. The molecule has 24 heavy (non-hydrogen) atoms. The molecule has 0 bridgehead atoms. The van der Waals surface area contributed by atoms with Crippen LogP contribution in [-0.4, -0.2) is 58.3 Å². The normalized spacial score (nSPS) is 21.9. The predicted octanol–water partition coefficient (Wildman–Crippen LogP) is 1.35. The number of nitrogens with one attached hydrogen (secondary N) is 1. The third-order valence-corrected chi connectivity index (χ3v) is 4.82. The van der Waals surface area contributed by atoms with Crippen LogP contribution in [0.25, 0.3) is 0 Å². The lowest BCUT2D eigenvalue weighted by molar-refractivity contribution is -0.129. The number of benzene rings is 1. The molecule has 0 saturated carbocycles. The second-order valence-corrected chi connectivity index (χ2v) is 6.19. The maximum absolute atomic E-state index is 12.6. The lowest BCUT2D eigenvalue weighted by Crippen LogP contribution is -2.33. The van der Waals surface area contributed by atoms with E-state index in [0.29, 0.717) is 35.5 Å². The van der Waals surface area contributed by atoms with Gasteiger partial charge in [-0.25, -0.2) is 0 Å². The molecule has 2 atom stereocenters. The number of carbonyl (C=O) groups excluding carboxylic acids is 1. The van der Waals surface area contributed by atoms with Gasteiger partial charge in [0.05, 0.1) is 27.8 Å². The maximum atomic E-state index is 12.6. The molecule has 134 valence electrons. The van der Waals surface area contributed by atoms with Crippen molar-refractivity contribution in [3.8, 4) is 17.2 Å². The van der Waals surface area contributed by atoms with Crippen molar-refractivity contribution in [3.05, 3.63) is 17.7 Å². The number of halogens is 1. The van der Waals surface area contributed by atoms with Gasteiger partial charge >= 0.3 is 0 Å². The van der Waals surface area contributed by atoms with Gasteiger partial charge in [0.2, 0.25) is 11.7 Å². The van der Waals surface area contributed by atoms with Gasteiger partial charge in [0.25, 0.3) is 0 Å². The fraction of sp³-hybridized carbons (Fsp3) is 0.588. The van der Waals surface area contributed by atoms with Crippen LogP contribution in [0.2, 0.25) is 0 Å². The van der Waals surface area contributed by atoms with Gasteiger partial charge in [-0.2, -0.15) is 0 Å². The molecule has 7 heteroatoms. The molecule has 2 aliphatic rings. The number of likely N-dealkylation sites (tertiary alicyclic amines) is 1. The Bertz CT molecular complexity index is 559. The highest BCUT2D eigenvalue weighted by molar-refractivity contribution is 5.85. The van der Waals surface area contributed by atoms with E-state index in [1.165, 1.54) is 0 Å². The van der Waals surface area contributed by atoms with E-state index in [0.717, 1.165) is 31.7 Å². The molecule has 0 aliphatic carbocycles. The second-order valence-electron chi connectivity index (χ2n) is 6.19. The maximum Gasteiger partial charge on any atom is 0.227 e. The Morgan fingerprint density at radius 2 is 1.62 bits per heavy atom. The summed E-state index contributed by atoms with van der Waals surface area (Å²) < 4.78 is 16.0. The van der Waals surface area contributed by atoms with Crippen molar-refractivity contribution in [1.82, 2.24) is 10.2 Å². The SMILES string of the molecule is COc1cc(CC(=O)N2C[C@H]3CNC[C@H]3C2)cc(OC)c1OC.Cl. The highest BCUT2D eigenvalue weighted by atomic mass is 35.5. The number of ether oxygens (including phenoxy) is 3. The molecule has 1 amide bonds. The Kier molecular flexibility index (Phi) is 6.18. The first-order valence-electron chi connectivity index (χ1n) is 7.93. The summed E-state index contributed by atoms with van der Waals surface area (Å²) in [7, 11) is 4.73. The van der Waals surface area contributed by atoms with Gasteiger partial charge in [0.15, 0.2) is 11.5 Å². The van der Waals surface area contributed by atoms with E-state index in [1.54, 1.807) is 21.3 Å². The number of hydrogen-bond donors (Lipinski definition) is 1. The van der Waals surface area contributed by atoms with Gasteiger partial charge in [-0.3, -0.25) is 4.79 Å². The van der Waals surface area contributed by atoms with Crippen LogP contribution in [0.5, 0.6) is 17.2 Å². The number of nitrogens with zero attached hydrogens (tertiary/aromatic N) is 1. The molecule has 2 aliphatic heterocycles. The zero-order chi connectivity index (χ0) is 16.4. The van der Waals surface area contributed by atoms with E-state index in [4.69, 9.17) is 14.2 Å². The number of fused-ring (bicyclic) bond motifs is 1. The molecular weight excluding hydrogens is 332 g/mol. The monoisotopic (exact) mass is 356 g/mol. The van der Waals surface area contributed by atoms with Gasteiger partial charge in [-0.15, -0.1) is 12.4 Å². The molecule has 2 fully saturated rings. The summed E-state index contributed by atoms with van der Waals surface area (Å²) >= 11 is 0. The van der Waals surface area contributed by atoms with Gasteiger partial charge in [0, 0.05) is 26.2 Å². The van der Waals surface area contributed by atoms with Crippen molar-refractivity contribution in [1.29, 1.82) is 0 Å². The largest absolute Gasteiger partial charge is 0.493 e. The van der Waals surface area contributed by atoms with E-state index in [9.17, 15) is 4.79 Å². The second kappa shape index (κ2) is 7.94. The summed E-state index contributed by atoms with van der Waals surface area (Å²) in [5.74, 6) is 3.09. The smallest absolute Gasteiger partial charge is 0.227 e. The zero-order valence-electron chi connectivity index (χ0n) is 14.3. The average Bonchev–Trinajstić information content (AvgIpc) is 3.15. The molecule has 1 aromatic carbocycles. The summed E-state index contributed by atoms with van der Waals surface area (Å²) in [6.45, 7) is 3.78. The summed E-state index contributed by atoms with van der Waals surface area (Å²) in [5, 5.41) is 3.39. The van der Waals surface area contributed by atoms with Crippen LogP contribution in [0.4, 0.5) is 0 Å². The fourth-order valence-electron chi connectivity index (χ4n) is 3.58. The topological polar surface area (TPSA) is 60.0 Å². The van der Waals surface area contributed by atoms with Gasteiger partial charge in [-0.1, -0.05) is 0 Å². The minimum atomic E-state index is 0. The quantitative estimate of drug-likeness (QED) is 0.863. The molecular formula is C17H25ClN2O4. The molecule has 2 saturated heterocycles. The summed E-state index contributed by atoms with van der Waals surface area (Å²) in [6, 6.07) is 3.69. The molecule has 0 unspecified atom stereocenters. The lowest BCUT2D eigenvalue weighted by Gasteiger charge is -2.19. The molecule has 3 rings (SSSR count). The molecule has 1 aromatic rings. The van der Waals surface area contributed by atoms with Crippen LogP contribution in [0, 0.1) is 11.8 Å². The van der Waals surface area contributed by atoms with E-state index in [-0.39, 0.29) is 18.3 Å². The Labute approximate surface area is 148 Å². The molecule has 0 aromatic heterocycles. The fourth-order valence-corrected chi connectivity index (χ4v) is 3.58. The van der Waals surface area contributed by atoms with Crippen LogP contribution in [0.1, 0.15) is 5.56 Å². The van der Waals surface area contributed by atoms with Crippen LogP contribution >= 0.6 is 12.4 Å². The van der Waals surface area contributed by atoms with Crippen LogP contribution < -0.4 is 19.5 Å². The molecule has 1 N–H and O–H groups in total. The number of carbonyl (C=O) groups is 1. The van der Waals surface area contributed by atoms with Gasteiger partial charge in [-0.05, 0) is 29.5 Å². The van der Waals surface area contributed by atoms with E-state index < -0.39 is 0 Å². The minimum Gasteiger partial charge on any atom is -0.493 e. The third-order valence-electron chi connectivity index (χ3n) is 4.82. The summed E-state index contributed by atoms with van der Waals surface area (Å²) in [5.41, 5.74) is 0.875. The van der Waals surface area contributed by atoms with Gasteiger partial charge < -0.3 is 24.4 Å². The van der Waals surface area contributed by atoms with Crippen molar-refractivity contribution in [2.24, 2.45) is 11.8 Å². The Morgan fingerprint density at radius 1 is 1.08 bits per heavy atom. The number of hydrogen-bond acceptors (Lipinski definition) is 5. The zero-order valence-corrected chi connectivity index (χ0v) is 15.1. The first kappa shape index (κ1) is 18.7. The first-order valence-corrected chi connectivity index (χ1v) is 7.93. The van der Waals surface area contributed by atoms with Crippen LogP contribution in [0.3, 0.4) is 0 Å². The standard InChI is InChI=1S/C17H24N2O4.ClH/c1-21-14-4-11(5-15(22-2)17(14)23-3)6-16(20)19-9-12-7-18-8-13(12)10-19;/h4-5,12-13,18H,6-10H2,1-3H3;1H/t12-,13+;. The molecule has 0 radical (unpaired) electrons. The lowest BCUT2D eigenvalue weighted by atomic mass is 10.0. The predicted molar refractivity (Wildman–Crippen MR) is 93.5 cm³/mol. The van der Waals surface area contributed by atoms with Crippen LogP contribution in [0.15, 0.2) is 12.1 Å². The Balaban J connectivity index is 0.00000208. The van der Waals surface area contributed by atoms with Crippen molar-refractivity contribution < 1.29 is 19.0 Å². The Morgan fingerprint density at radius 3 is 2.08 bits per heavy atom. The van der Waals surface area contributed by atoms with Crippen molar-refractivity contribution in [2.75, 3.05) is 47.5 Å². The molecule has 6 nitrogen and oxygen atoms in total. The Hall–Kier alpha value is -1.66. The van der Waals surface area contributed by atoms with Crippen molar-refractivity contribution in [2.45, 2.75) is 6.42 Å². The van der Waals surface area contributed by atoms with Crippen LogP contribution in [-0.2, 0) is 11.2 Å². The van der Waals surface area contributed by atoms with Crippen molar-refractivity contribution >= 4 is 18.3 Å². The summed E-state index contributed by atoms with van der Waals surface area (Å²) in [6.07, 6.45) is 0.351. The van der Waals surface area contributed by atoms with E-state index in [2.05, 4.69) is 5.32 Å². The highest BCUT2D eigenvalue weighted by Crippen LogP contribution is 2.38. The van der Waals surface area contributed by atoms with E-state index >= 15 is 0 Å². The molecule has 0 spiro atoms. The number of rotatable bonds is 5.